The van der Waals surface area contributed by atoms with E-state index in [2.05, 4.69) is 0 Å². The van der Waals surface area contributed by atoms with Crippen molar-refractivity contribution in [1.29, 1.82) is 0 Å². The van der Waals surface area contributed by atoms with E-state index in [9.17, 15) is 0 Å². The van der Waals surface area contributed by atoms with Crippen molar-refractivity contribution in [2.75, 3.05) is 0 Å². The molecule has 0 aromatic rings. The van der Waals surface area contributed by atoms with E-state index in [1.165, 1.54) is 0 Å². The Balaban J connectivity index is 0. The van der Waals surface area contributed by atoms with Gasteiger partial charge in [-0.3, -0.25) is 0 Å². The van der Waals surface area contributed by atoms with Gasteiger partial charge >= 0.3 is 27.4 Å². The second-order valence-corrected chi connectivity index (χ2v) is 1.67. The van der Waals surface area contributed by atoms with Crippen molar-refractivity contribution in [2.24, 2.45) is 0 Å². The van der Waals surface area contributed by atoms with Gasteiger partial charge in [0.05, 0.1) is 0 Å². The fourth-order valence-electron chi connectivity index (χ4n) is 0. The molecule has 0 saturated carbocycles. The summed E-state index contributed by atoms with van der Waals surface area (Å²) in [5, 5.41) is 0. The Morgan fingerprint density at radius 3 is 1.00 bits per heavy atom. The molecule has 3 nitrogen and oxygen atoms in total. The molecule has 0 aromatic heterocycles. The summed E-state index contributed by atoms with van der Waals surface area (Å²) in [5.74, 6) is 0. The second kappa shape index (κ2) is 4.62. The van der Waals surface area contributed by atoms with Crippen molar-refractivity contribution in [1.82, 2.24) is 0 Å². The number of rotatable bonds is 0. The van der Waals surface area contributed by atoms with Crippen LogP contribution in [0.1, 0.15) is 0 Å². The molecule has 0 fully saturated rings. The molecule has 5 heteroatoms. The summed E-state index contributed by atoms with van der Waals surface area (Å²) in [6.07, 6.45) is 0. The molecule has 0 radical (unpaired) electrons. The molecular weight excluding hydrogens is 284 g/mol. The molecule has 0 aliphatic heterocycles. The SMILES string of the molecule is [Cr].[O]=[W](=[O])=[O]. The van der Waals surface area contributed by atoms with Crippen molar-refractivity contribution in [3.63, 3.8) is 0 Å². The number of hydrogen-bond acceptors (Lipinski definition) is 3. The maximum atomic E-state index is 8.61. The van der Waals surface area contributed by atoms with Crippen molar-refractivity contribution >= 4 is 0 Å². The Bertz CT molecular complexity index is 76.3. The second-order valence-electron chi connectivity index (χ2n) is 0.204. The molecule has 0 saturated heterocycles. The van der Waals surface area contributed by atoms with Gasteiger partial charge in [0.15, 0.2) is 0 Å². The van der Waals surface area contributed by atoms with E-state index in [0.717, 1.165) is 0 Å². The van der Waals surface area contributed by atoms with Gasteiger partial charge < -0.3 is 0 Å². The Labute approximate surface area is 45.0 Å². The Hall–Kier alpha value is 0.621. The summed E-state index contributed by atoms with van der Waals surface area (Å²) < 4.78 is 25.8. The van der Waals surface area contributed by atoms with Crippen LogP contribution in [0, 0.1) is 0 Å². The van der Waals surface area contributed by atoms with Crippen LogP contribution in [0.3, 0.4) is 0 Å². The standard InChI is InChI=1S/Cr.3O.W. The topological polar surface area (TPSA) is 51.2 Å². The first-order valence-corrected chi connectivity index (χ1v) is 4.09. The third-order valence-corrected chi connectivity index (χ3v) is 0. The first-order valence-electron chi connectivity index (χ1n) is 0.500. The van der Waals surface area contributed by atoms with Crippen LogP contribution in [-0.4, -0.2) is 0 Å². The summed E-state index contributed by atoms with van der Waals surface area (Å²) >= 11 is -4.28. The first kappa shape index (κ1) is 9.15. The van der Waals surface area contributed by atoms with E-state index in [0.29, 0.717) is 0 Å². The minimum absolute atomic E-state index is 0. The predicted molar refractivity (Wildman–Crippen MR) is 2.06 cm³/mol. The molecule has 0 heterocycles. The molecule has 0 aliphatic carbocycles. The maximum absolute atomic E-state index is 8.61. The van der Waals surface area contributed by atoms with Gasteiger partial charge in [0.2, 0.25) is 0 Å². The average molecular weight is 284 g/mol. The third-order valence-electron chi connectivity index (χ3n) is 0. The summed E-state index contributed by atoms with van der Waals surface area (Å²) in [6.45, 7) is 0. The molecule has 0 spiro atoms. The van der Waals surface area contributed by atoms with Gasteiger partial charge in [-0.25, -0.2) is 0 Å². The summed E-state index contributed by atoms with van der Waals surface area (Å²) in [4.78, 5) is 0. The van der Waals surface area contributed by atoms with Crippen LogP contribution in [0.2, 0.25) is 0 Å². The van der Waals surface area contributed by atoms with Crippen LogP contribution in [0.4, 0.5) is 0 Å². The van der Waals surface area contributed by atoms with Gasteiger partial charge in [0, 0.05) is 17.4 Å². The Morgan fingerprint density at radius 2 is 1.00 bits per heavy atom. The summed E-state index contributed by atoms with van der Waals surface area (Å²) in [6, 6.07) is 0. The summed E-state index contributed by atoms with van der Waals surface area (Å²) in [7, 11) is 0. The quantitative estimate of drug-likeness (QED) is 0.610. The van der Waals surface area contributed by atoms with E-state index < -0.39 is 17.2 Å². The van der Waals surface area contributed by atoms with Gasteiger partial charge in [-0.15, -0.1) is 0 Å². The zero-order valence-corrected chi connectivity index (χ0v) is 6.25. The van der Waals surface area contributed by atoms with Gasteiger partial charge in [-0.2, -0.15) is 0 Å². The number of hydrogen-bond donors (Lipinski definition) is 0. The van der Waals surface area contributed by atoms with E-state index in [1.54, 1.807) is 0 Å². The van der Waals surface area contributed by atoms with Gasteiger partial charge in [0.25, 0.3) is 0 Å². The molecule has 0 atom stereocenters. The van der Waals surface area contributed by atoms with Crippen LogP contribution in [0.25, 0.3) is 0 Å². The van der Waals surface area contributed by atoms with E-state index in [1.807, 2.05) is 0 Å². The van der Waals surface area contributed by atoms with Gasteiger partial charge in [-0.1, -0.05) is 0 Å². The van der Waals surface area contributed by atoms with Crippen LogP contribution >= 0.6 is 0 Å². The molecule has 0 aromatic carbocycles. The zero-order chi connectivity index (χ0) is 3.58. The molecule has 0 aliphatic rings. The molecule has 0 N–H and O–H groups in total. The average Bonchev–Trinajstić information content (AvgIpc) is 0.811. The fourth-order valence-corrected chi connectivity index (χ4v) is 0. The summed E-state index contributed by atoms with van der Waals surface area (Å²) in [5.41, 5.74) is 0. The molecule has 0 unspecified atom stereocenters. The van der Waals surface area contributed by atoms with E-state index in [4.69, 9.17) is 10.2 Å². The monoisotopic (exact) mass is 284 g/mol. The molecule has 0 rings (SSSR count). The molecule has 5 heavy (non-hydrogen) atoms. The fraction of sp³-hybridized carbons (Fsp3) is 0. The minimum atomic E-state index is -4.28. The van der Waals surface area contributed by atoms with Crippen molar-refractivity contribution in [3.8, 4) is 0 Å². The van der Waals surface area contributed by atoms with E-state index >= 15 is 0 Å². The van der Waals surface area contributed by atoms with Crippen LogP contribution in [0.5, 0.6) is 0 Å². The van der Waals surface area contributed by atoms with Crippen molar-refractivity contribution in [2.45, 2.75) is 0 Å². The van der Waals surface area contributed by atoms with Crippen LogP contribution in [-0.2, 0) is 44.8 Å². The Morgan fingerprint density at radius 1 is 1.00 bits per heavy atom. The van der Waals surface area contributed by atoms with E-state index in [-0.39, 0.29) is 17.4 Å². The van der Waals surface area contributed by atoms with Crippen molar-refractivity contribution in [3.05, 3.63) is 0 Å². The van der Waals surface area contributed by atoms with Crippen molar-refractivity contribution < 1.29 is 44.8 Å². The zero-order valence-electron chi connectivity index (χ0n) is 2.04. The van der Waals surface area contributed by atoms with Crippen LogP contribution in [0.15, 0.2) is 0 Å². The molecule has 0 bridgehead atoms. The third kappa shape index (κ3) is 82.4. The first-order chi connectivity index (χ1) is 1.73. The molecule has 0 amide bonds. The molecular formula is CrO3W. The van der Waals surface area contributed by atoms with Crippen LogP contribution < -0.4 is 0 Å². The normalized spacial score (nSPS) is 4.80. The predicted octanol–water partition coefficient (Wildman–Crippen LogP) is -0.361. The van der Waals surface area contributed by atoms with Gasteiger partial charge in [0.1, 0.15) is 0 Å². The molecule has 30 valence electrons. The van der Waals surface area contributed by atoms with Gasteiger partial charge in [-0.05, 0) is 0 Å². The Kier molecular flexibility index (Phi) is 8.46.